The molecule has 0 saturated carbocycles. The molecule has 0 bridgehead atoms. The van der Waals surface area contributed by atoms with E-state index in [0.29, 0.717) is 15.3 Å². The van der Waals surface area contributed by atoms with Crippen LogP contribution in [0.3, 0.4) is 0 Å². The number of aromatic nitrogens is 1. The smallest absolute Gasteiger partial charge is 0.336 e. The molecule has 0 fully saturated rings. The topological polar surface area (TPSA) is 93.3 Å². The van der Waals surface area contributed by atoms with Gasteiger partial charge in [-0.2, -0.15) is 0 Å². The van der Waals surface area contributed by atoms with Crippen molar-refractivity contribution < 1.29 is 14.7 Å². The van der Waals surface area contributed by atoms with Crippen LogP contribution in [0.4, 0.5) is 5.82 Å². The third-order valence-electron chi connectivity index (χ3n) is 2.16. The Hall–Kier alpha value is -2.21. The Kier molecular flexibility index (Phi) is 2.88. The number of thiophene rings is 1. The maximum atomic E-state index is 11.1. The van der Waals surface area contributed by atoms with E-state index in [4.69, 9.17) is 10.8 Å². The van der Waals surface area contributed by atoms with Gasteiger partial charge in [0.1, 0.15) is 5.82 Å². The Morgan fingerprint density at radius 1 is 1.47 bits per heavy atom. The van der Waals surface area contributed by atoms with Crippen LogP contribution in [-0.2, 0) is 0 Å². The van der Waals surface area contributed by atoms with Gasteiger partial charge in [0.2, 0.25) is 0 Å². The number of nitrogens with zero attached hydrogens (tertiary/aromatic N) is 1. The Morgan fingerprint density at radius 2 is 2.24 bits per heavy atom. The van der Waals surface area contributed by atoms with Gasteiger partial charge in [0.05, 0.1) is 10.4 Å². The van der Waals surface area contributed by atoms with E-state index >= 15 is 0 Å². The lowest BCUT2D eigenvalue weighted by molar-refractivity contribution is 0.0697. The van der Waals surface area contributed by atoms with Crippen molar-refractivity contribution in [2.75, 3.05) is 5.73 Å². The van der Waals surface area contributed by atoms with E-state index in [0.717, 1.165) is 6.29 Å². The number of anilines is 1. The van der Waals surface area contributed by atoms with Crippen molar-refractivity contribution in [2.24, 2.45) is 0 Å². The lowest BCUT2D eigenvalue weighted by Gasteiger charge is -2.03. The highest BCUT2D eigenvalue weighted by Gasteiger charge is 2.14. The lowest BCUT2D eigenvalue weighted by atomic mass is 10.1. The Bertz CT molecular complexity index is 592. The van der Waals surface area contributed by atoms with Crippen LogP contribution in [0.15, 0.2) is 24.4 Å². The number of hydrogen-bond acceptors (Lipinski definition) is 5. The van der Waals surface area contributed by atoms with Gasteiger partial charge < -0.3 is 10.8 Å². The minimum absolute atomic E-state index is 0.0804. The van der Waals surface area contributed by atoms with Crippen molar-refractivity contribution in [1.82, 2.24) is 4.98 Å². The summed E-state index contributed by atoms with van der Waals surface area (Å²) in [5, 5.41) is 9.07. The number of carbonyl (C=O) groups excluding carboxylic acids is 1. The van der Waals surface area contributed by atoms with E-state index in [9.17, 15) is 9.59 Å². The van der Waals surface area contributed by atoms with E-state index in [1.807, 2.05) is 0 Å². The van der Waals surface area contributed by atoms with Crippen LogP contribution in [0, 0.1) is 0 Å². The van der Waals surface area contributed by atoms with E-state index in [1.54, 1.807) is 12.1 Å². The first-order valence-corrected chi connectivity index (χ1v) is 5.47. The quantitative estimate of drug-likeness (QED) is 0.809. The van der Waals surface area contributed by atoms with Crippen molar-refractivity contribution in [2.45, 2.75) is 0 Å². The summed E-state index contributed by atoms with van der Waals surface area (Å²) in [4.78, 5) is 26.7. The van der Waals surface area contributed by atoms with Crippen molar-refractivity contribution in [3.63, 3.8) is 0 Å². The molecule has 0 spiro atoms. The van der Waals surface area contributed by atoms with Crippen molar-refractivity contribution in [1.29, 1.82) is 0 Å². The van der Waals surface area contributed by atoms with Gasteiger partial charge in [-0.05, 0) is 18.2 Å². The number of nitrogens with two attached hydrogens (primary N) is 1. The minimum Gasteiger partial charge on any atom is -0.478 e. The standard InChI is InChI=1S/C11H8N2O3S/c12-10-3-7(11(15)16)8(4-13-10)9-2-1-6(5-14)17-9/h1-5H,(H2,12,13)(H,15,16). The average Bonchev–Trinajstić information content (AvgIpc) is 2.77. The fourth-order valence-electron chi connectivity index (χ4n) is 1.41. The van der Waals surface area contributed by atoms with Crippen LogP contribution in [-0.4, -0.2) is 22.3 Å². The largest absolute Gasteiger partial charge is 0.478 e. The molecule has 0 unspecified atom stereocenters. The van der Waals surface area contributed by atoms with Crippen LogP contribution in [0.1, 0.15) is 20.0 Å². The zero-order valence-corrected chi connectivity index (χ0v) is 9.40. The molecule has 86 valence electrons. The molecular weight excluding hydrogens is 240 g/mol. The first-order valence-electron chi connectivity index (χ1n) is 4.66. The molecule has 2 rings (SSSR count). The van der Waals surface area contributed by atoms with E-state index in [1.165, 1.54) is 23.6 Å². The van der Waals surface area contributed by atoms with Crippen LogP contribution in [0.25, 0.3) is 10.4 Å². The molecule has 0 saturated heterocycles. The number of carbonyl (C=O) groups is 2. The summed E-state index contributed by atoms with van der Waals surface area (Å²) in [7, 11) is 0. The van der Waals surface area contributed by atoms with Gasteiger partial charge in [-0.15, -0.1) is 11.3 Å². The van der Waals surface area contributed by atoms with E-state index < -0.39 is 5.97 Å². The molecule has 0 aliphatic rings. The highest BCUT2D eigenvalue weighted by Crippen LogP contribution is 2.30. The van der Waals surface area contributed by atoms with Crippen molar-refractivity contribution in [3.05, 3.63) is 34.8 Å². The summed E-state index contributed by atoms with van der Waals surface area (Å²) in [5.41, 5.74) is 5.99. The summed E-state index contributed by atoms with van der Waals surface area (Å²) in [5.74, 6) is -0.923. The van der Waals surface area contributed by atoms with Gasteiger partial charge in [-0.1, -0.05) is 0 Å². The Labute approximate surface area is 101 Å². The second-order valence-corrected chi connectivity index (χ2v) is 4.40. The number of hydrogen-bond donors (Lipinski definition) is 2. The molecule has 0 aliphatic carbocycles. The number of carboxylic acids is 1. The first kappa shape index (κ1) is 11.3. The van der Waals surface area contributed by atoms with Crippen LogP contribution in [0.2, 0.25) is 0 Å². The Balaban J connectivity index is 2.58. The minimum atomic E-state index is -1.07. The fraction of sp³-hybridized carbons (Fsp3) is 0. The van der Waals surface area contributed by atoms with Crippen molar-refractivity contribution >= 4 is 29.4 Å². The number of aromatic carboxylic acids is 1. The molecule has 6 heteroatoms. The molecule has 0 amide bonds. The predicted octanol–water partition coefficient (Wildman–Crippen LogP) is 1.90. The highest BCUT2D eigenvalue weighted by atomic mass is 32.1. The molecule has 17 heavy (non-hydrogen) atoms. The number of carboxylic acid groups (broad SMARTS) is 1. The van der Waals surface area contributed by atoms with Gasteiger partial charge in [0, 0.05) is 16.6 Å². The predicted molar refractivity (Wildman–Crippen MR) is 64.3 cm³/mol. The Morgan fingerprint density at radius 3 is 2.82 bits per heavy atom. The van der Waals surface area contributed by atoms with Gasteiger partial charge in [-0.25, -0.2) is 9.78 Å². The molecule has 0 radical (unpaired) electrons. The van der Waals surface area contributed by atoms with Gasteiger partial charge >= 0.3 is 5.97 Å². The first-order chi connectivity index (χ1) is 8.11. The normalized spacial score (nSPS) is 10.1. The van der Waals surface area contributed by atoms with Crippen LogP contribution >= 0.6 is 11.3 Å². The van der Waals surface area contributed by atoms with Crippen molar-refractivity contribution in [3.8, 4) is 10.4 Å². The SMILES string of the molecule is Nc1cc(C(=O)O)c(-c2ccc(C=O)s2)cn1. The molecule has 3 N–H and O–H groups in total. The third-order valence-corrected chi connectivity index (χ3v) is 3.21. The molecule has 0 aliphatic heterocycles. The number of pyridine rings is 1. The van der Waals surface area contributed by atoms with Gasteiger partial charge in [-0.3, -0.25) is 4.79 Å². The summed E-state index contributed by atoms with van der Waals surface area (Å²) in [6.45, 7) is 0. The number of aldehydes is 1. The van der Waals surface area contributed by atoms with E-state index in [2.05, 4.69) is 4.98 Å². The highest BCUT2D eigenvalue weighted by molar-refractivity contribution is 7.17. The second kappa shape index (κ2) is 4.34. The summed E-state index contributed by atoms with van der Waals surface area (Å²) in [6, 6.07) is 4.63. The molecule has 0 atom stereocenters. The molecular formula is C11H8N2O3S. The average molecular weight is 248 g/mol. The number of rotatable bonds is 3. The third kappa shape index (κ3) is 2.16. The zero-order valence-electron chi connectivity index (χ0n) is 8.58. The summed E-state index contributed by atoms with van der Waals surface area (Å²) >= 11 is 1.21. The molecule has 2 aromatic rings. The van der Waals surface area contributed by atoms with Gasteiger partial charge in [0.25, 0.3) is 0 Å². The molecule has 2 aromatic heterocycles. The molecule has 0 aromatic carbocycles. The second-order valence-electron chi connectivity index (χ2n) is 3.28. The lowest BCUT2D eigenvalue weighted by Crippen LogP contribution is -2.02. The maximum Gasteiger partial charge on any atom is 0.336 e. The number of nitrogen functional groups attached to an aromatic ring is 1. The molecule has 2 heterocycles. The van der Waals surface area contributed by atoms with E-state index in [-0.39, 0.29) is 11.4 Å². The van der Waals surface area contributed by atoms with Crippen LogP contribution in [0.5, 0.6) is 0 Å². The summed E-state index contributed by atoms with van der Waals surface area (Å²) in [6.07, 6.45) is 2.12. The fourth-order valence-corrected chi connectivity index (χ4v) is 2.25. The van der Waals surface area contributed by atoms with Gasteiger partial charge in [0.15, 0.2) is 6.29 Å². The molecule has 5 nitrogen and oxygen atoms in total. The van der Waals surface area contributed by atoms with Crippen LogP contribution < -0.4 is 5.73 Å². The monoisotopic (exact) mass is 248 g/mol. The summed E-state index contributed by atoms with van der Waals surface area (Å²) < 4.78 is 0. The zero-order chi connectivity index (χ0) is 12.4. The maximum absolute atomic E-state index is 11.1.